The van der Waals surface area contributed by atoms with Gasteiger partial charge in [0.05, 0.1) is 3.42 Å². The van der Waals surface area contributed by atoms with Crippen LogP contribution in [0.3, 0.4) is 0 Å². The fraction of sp³-hybridized carbons (Fsp3) is 0.667. The summed E-state index contributed by atoms with van der Waals surface area (Å²) < 4.78 is -0.191. The van der Waals surface area contributed by atoms with E-state index in [1.165, 1.54) is 0 Å². The van der Waals surface area contributed by atoms with E-state index in [1.54, 1.807) is 0 Å². The zero-order chi connectivity index (χ0) is 8.65. The van der Waals surface area contributed by atoms with Gasteiger partial charge in [-0.15, -0.1) is 12.3 Å². The standard InChI is InChI=1S/C9H11IO/c1-4-6(2)7-5-8(11)9(7,3)10/h1,6-7H,5H2,2-3H3/t6-,7?,9?/m0/s1. The van der Waals surface area contributed by atoms with E-state index in [0.717, 1.165) is 0 Å². The molecule has 1 rings (SSSR count). The summed E-state index contributed by atoms with van der Waals surface area (Å²) >= 11 is 2.21. The van der Waals surface area contributed by atoms with E-state index in [9.17, 15) is 4.79 Å². The number of halogens is 1. The molecule has 0 amide bonds. The summed E-state index contributed by atoms with van der Waals surface area (Å²) in [4.78, 5) is 11.1. The smallest absolute Gasteiger partial charge is 0.149 e. The van der Waals surface area contributed by atoms with Gasteiger partial charge in [0.15, 0.2) is 0 Å². The first-order chi connectivity index (χ1) is 5.00. The quantitative estimate of drug-likeness (QED) is 0.401. The van der Waals surface area contributed by atoms with Gasteiger partial charge >= 0.3 is 0 Å². The number of terminal acetylenes is 1. The van der Waals surface area contributed by atoms with Gasteiger partial charge in [0.25, 0.3) is 0 Å². The summed E-state index contributed by atoms with van der Waals surface area (Å²) in [5, 5.41) is 0. The van der Waals surface area contributed by atoms with Crippen LogP contribution in [0.5, 0.6) is 0 Å². The van der Waals surface area contributed by atoms with Crippen molar-refractivity contribution in [3.05, 3.63) is 0 Å². The van der Waals surface area contributed by atoms with Gasteiger partial charge in [-0.05, 0) is 6.92 Å². The Bertz CT molecular complexity index is 224. The van der Waals surface area contributed by atoms with Crippen molar-refractivity contribution in [1.82, 2.24) is 0 Å². The zero-order valence-corrected chi connectivity index (χ0v) is 8.88. The largest absolute Gasteiger partial charge is 0.298 e. The Morgan fingerprint density at radius 2 is 2.45 bits per heavy atom. The minimum absolute atomic E-state index is 0.191. The summed E-state index contributed by atoms with van der Waals surface area (Å²) in [6, 6.07) is 0. The van der Waals surface area contributed by atoms with Crippen LogP contribution >= 0.6 is 22.6 Å². The van der Waals surface area contributed by atoms with E-state index in [4.69, 9.17) is 6.42 Å². The SMILES string of the molecule is C#C[C@H](C)C1CC(=O)C1(C)I. The maximum absolute atomic E-state index is 11.1. The molecular weight excluding hydrogens is 251 g/mol. The average Bonchev–Trinajstić information content (AvgIpc) is 1.98. The molecule has 60 valence electrons. The summed E-state index contributed by atoms with van der Waals surface area (Å²) in [5.41, 5.74) is 0. The summed E-state index contributed by atoms with van der Waals surface area (Å²) in [5.74, 6) is 3.64. The lowest BCUT2D eigenvalue weighted by molar-refractivity contribution is -0.130. The Kier molecular flexibility index (Phi) is 2.29. The van der Waals surface area contributed by atoms with Crippen molar-refractivity contribution in [2.24, 2.45) is 11.8 Å². The van der Waals surface area contributed by atoms with Gasteiger partial charge in [-0.25, -0.2) is 0 Å². The van der Waals surface area contributed by atoms with Crippen molar-refractivity contribution in [2.75, 3.05) is 0 Å². The molecule has 0 bridgehead atoms. The van der Waals surface area contributed by atoms with Gasteiger partial charge in [0.2, 0.25) is 0 Å². The third-order valence-corrected chi connectivity index (χ3v) is 3.91. The predicted molar refractivity (Wildman–Crippen MR) is 53.5 cm³/mol. The normalized spacial score (nSPS) is 39.1. The van der Waals surface area contributed by atoms with Crippen LogP contribution in [0.25, 0.3) is 0 Å². The Hall–Kier alpha value is -0.0400. The number of rotatable bonds is 1. The van der Waals surface area contributed by atoms with Crippen LogP contribution in [0, 0.1) is 24.2 Å². The van der Waals surface area contributed by atoms with Crippen LogP contribution in [0.1, 0.15) is 20.3 Å². The van der Waals surface area contributed by atoms with Crippen LogP contribution in [0.15, 0.2) is 0 Å². The van der Waals surface area contributed by atoms with E-state index >= 15 is 0 Å². The van der Waals surface area contributed by atoms with Gasteiger partial charge in [-0.1, -0.05) is 29.5 Å². The fourth-order valence-electron chi connectivity index (χ4n) is 1.43. The first-order valence-electron chi connectivity index (χ1n) is 3.68. The van der Waals surface area contributed by atoms with Gasteiger partial charge in [0.1, 0.15) is 5.78 Å². The molecule has 0 saturated heterocycles. The van der Waals surface area contributed by atoms with Crippen molar-refractivity contribution in [3.63, 3.8) is 0 Å². The lowest BCUT2D eigenvalue weighted by Gasteiger charge is -2.42. The minimum atomic E-state index is -0.191. The third-order valence-electron chi connectivity index (χ3n) is 2.51. The van der Waals surface area contributed by atoms with Gasteiger partial charge in [-0.3, -0.25) is 4.79 Å². The Balaban J connectivity index is 2.68. The lowest BCUT2D eigenvalue weighted by Crippen LogP contribution is -2.51. The maximum atomic E-state index is 11.1. The second kappa shape index (κ2) is 2.78. The second-order valence-electron chi connectivity index (χ2n) is 3.26. The number of hydrogen-bond acceptors (Lipinski definition) is 1. The molecule has 2 heteroatoms. The molecule has 11 heavy (non-hydrogen) atoms. The first-order valence-corrected chi connectivity index (χ1v) is 4.76. The molecule has 0 aromatic rings. The van der Waals surface area contributed by atoms with Crippen LogP contribution in [-0.2, 0) is 4.79 Å². The molecule has 0 heterocycles. The monoisotopic (exact) mass is 262 g/mol. The number of Topliss-reactive ketones (excluding diaryl/α,β-unsaturated/α-hetero) is 1. The van der Waals surface area contributed by atoms with Crippen molar-refractivity contribution in [1.29, 1.82) is 0 Å². The first kappa shape index (κ1) is 9.05. The molecule has 0 radical (unpaired) electrons. The number of carbonyl (C=O) groups is 1. The van der Waals surface area contributed by atoms with E-state index in [2.05, 4.69) is 28.5 Å². The van der Waals surface area contributed by atoms with Crippen molar-refractivity contribution < 1.29 is 4.79 Å². The molecule has 3 atom stereocenters. The molecular formula is C9H11IO. The molecule has 2 unspecified atom stereocenters. The highest BCUT2D eigenvalue weighted by Crippen LogP contribution is 2.46. The highest BCUT2D eigenvalue weighted by Gasteiger charge is 2.50. The van der Waals surface area contributed by atoms with Gasteiger partial charge < -0.3 is 0 Å². The van der Waals surface area contributed by atoms with E-state index in [1.807, 2.05) is 13.8 Å². The summed E-state index contributed by atoms with van der Waals surface area (Å²) in [6.07, 6.45) is 5.96. The lowest BCUT2D eigenvalue weighted by atomic mass is 9.67. The highest BCUT2D eigenvalue weighted by molar-refractivity contribution is 14.1. The van der Waals surface area contributed by atoms with E-state index < -0.39 is 0 Å². The van der Waals surface area contributed by atoms with Crippen LogP contribution in [-0.4, -0.2) is 9.20 Å². The van der Waals surface area contributed by atoms with Crippen LogP contribution in [0.4, 0.5) is 0 Å². The second-order valence-corrected chi connectivity index (χ2v) is 5.51. The number of carbonyl (C=O) groups excluding carboxylic acids is 1. The topological polar surface area (TPSA) is 17.1 Å². The highest BCUT2D eigenvalue weighted by atomic mass is 127. The number of hydrogen-bond donors (Lipinski definition) is 0. The van der Waals surface area contributed by atoms with Crippen molar-refractivity contribution >= 4 is 28.4 Å². The summed E-state index contributed by atoms with van der Waals surface area (Å²) in [7, 11) is 0. The Morgan fingerprint density at radius 3 is 2.73 bits per heavy atom. The molecule has 0 N–H and O–H groups in total. The molecule has 1 fully saturated rings. The van der Waals surface area contributed by atoms with Gasteiger partial charge in [0, 0.05) is 18.3 Å². The Morgan fingerprint density at radius 1 is 1.91 bits per heavy atom. The number of alkyl halides is 1. The number of ketones is 1. The molecule has 0 aliphatic heterocycles. The zero-order valence-electron chi connectivity index (χ0n) is 6.73. The van der Waals surface area contributed by atoms with Crippen LogP contribution < -0.4 is 0 Å². The molecule has 1 aliphatic rings. The summed E-state index contributed by atoms with van der Waals surface area (Å²) in [6.45, 7) is 3.98. The fourth-order valence-corrected chi connectivity index (χ4v) is 2.41. The molecule has 1 aliphatic carbocycles. The molecule has 0 aromatic carbocycles. The van der Waals surface area contributed by atoms with Crippen molar-refractivity contribution in [3.8, 4) is 12.3 Å². The minimum Gasteiger partial charge on any atom is -0.298 e. The van der Waals surface area contributed by atoms with Crippen LogP contribution in [0.2, 0.25) is 0 Å². The van der Waals surface area contributed by atoms with E-state index in [-0.39, 0.29) is 9.34 Å². The van der Waals surface area contributed by atoms with Gasteiger partial charge in [-0.2, -0.15) is 0 Å². The third kappa shape index (κ3) is 1.31. The molecule has 1 nitrogen and oxygen atoms in total. The van der Waals surface area contributed by atoms with E-state index in [0.29, 0.717) is 18.1 Å². The molecule has 1 saturated carbocycles. The maximum Gasteiger partial charge on any atom is 0.149 e. The van der Waals surface area contributed by atoms with Crippen molar-refractivity contribution in [2.45, 2.75) is 23.7 Å². The Labute approximate surface area is 81.1 Å². The average molecular weight is 262 g/mol. The molecule has 0 aromatic heterocycles. The predicted octanol–water partition coefficient (Wildman–Crippen LogP) is 2.04. The molecule has 0 spiro atoms.